The molecule has 2 rings (SSSR count). The summed E-state index contributed by atoms with van der Waals surface area (Å²) in [6.45, 7) is 1.33. The van der Waals surface area contributed by atoms with Crippen LogP contribution in [0.1, 0.15) is 18.9 Å². The van der Waals surface area contributed by atoms with Gasteiger partial charge in [-0.3, -0.25) is 19.3 Å². The molecule has 0 fully saturated rings. The standard InChI is InChI=1S/C16H17F3N2O4S/c1-9(26-6-5-14(23)25-2)15(24)21-8-13(22)20-11-7-10(16(17,18)19)3-4-12(11)21/h3-4,7,9H,5-6,8H2,1-2H3,(H,20,22). The van der Waals surface area contributed by atoms with Crippen molar-refractivity contribution in [1.82, 2.24) is 0 Å². The molecule has 10 heteroatoms. The Morgan fingerprint density at radius 3 is 2.69 bits per heavy atom. The smallest absolute Gasteiger partial charge is 0.416 e. The topological polar surface area (TPSA) is 75.7 Å². The molecule has 0 saturated carbocycles. The number of ether oxygens (including phenoxy) is 1. The molecule has 2 amide bonds. The van der Waals surface area contributed by atoms with Crippen LogP contribution < -0.4 is 10.2 Å². The molecule has 1 aliphatic heterocycles. The lowest BCUT2D eigenvalue weighted by atomic mass is 10.1. The van der Waals surface area contributed by atoms with E-state index in [1.165, 1.54) is 24.9 Å². The predicted octanol–water partition coefficient (Wildman–Crippen LogP) is 2.68. The number of fused-ring (bicyclic) bond motifs is 1. The van der Waals surface area contributed by atoms with Gasteiger partial charge < -0.3 is 10.1 Å². The first-order valence-corrected chi connectivity index (χ1v) is 8.69. The maximum Gasteiger partial charge on any atom is 0.416 e. The van der Waals surface area contributed by atoms with Crippen LogP contribution in [0.2, 0.25) is 0 Å². The summed E-state index contributed by atoms with van der Waals surface area (Å²) in [7, 11) is 1.26. The summed E-state index contributed by atoms with van der Waals surface area (Å²) in [6.07, 6.45) is -4.42. The van der Waals surface area contributed by atoms with Gasteiger partial charge in [0.25, 0.3) is 0 Å². The van der Waals surface area contributed by atoms with Gasteiger partial charge in [0, 0.05) is 5.75 Å². The number of thioether (sulfide) groups is 1. The second kappa shape index (κ2) is 7.98. The number of amides is 2. The molecule has 1 atom stereocenters. The number of benzene rings is 1. The second-order valence-electron chi connectivity index (χ2n) is 5.54. The first-order chi connectivity index (χ1) is 12.1. The van der Waals surface area contributed by atoms with Crippen molar-refractivity contribution in [3.05, 3.63) is 23.8 Å². The summed E-state index contributed by atoms with van der Waals surface area (Å²) in [5.74, 6) is -1.05. The number of carbonyl (C=O) groups excluding carboxylic acids is 3. The summed E-state index contributed by atoms with van der Waals surface area (Å²) in [5.41, 5.74) is -0.759. The summed E-state index contributed by atoms with van der Waals surface area (Å²) in [6, 6.07) is 2.84. The van der Waals surface area contributed by atoms with Gasteiger partial charge in [-0.05, 0) is 25.1 Å². The van der Waals surface area contributed by atoms with Crippen LogP contribution in [0, 0.1) is 0 Å². The zero-order valence-electron chi connectivity index (χ0n) is 14.1. The second-order valence-corrected chi connectivity index (χ2v) is 6.99. The Kier molecular flexibility index (Phi) is 6.17. The lowest BCUT2D eigenvalue weighted by Crippen LogP contribution is -2.45. The first-order valence-electron chi connectivity index (χ1n) is 7.64. The Bertz CT molecular complexity index is 724. The Hall–Kier alpha value is -2.23. The lowest BCUT2D eigenvalue weighted by molar-refractivity contribution is -0.140. The van der Waals surface area contributed by atoms with Crippen molar-refractivity contribution in [1.29, 1.82) is 0 Å². The average Bonchev–Trinajstić information content (AvgIpc) is 2.58. The molecule has 0 radical (unpaired) electrons. The molecule has 0 aliphatic carbocycles. The summed E-state index contributed by atoms with van der Waals surface area (Å²) in [5, 5.41) is 1.78. The molecule has 1 aliphatic rings. The van der Waals surface area contributed by atoms with Gasteiger partial charge in [0.05, 0.1) is 35.7 Å². The van der Waals surface area contributed by atoms with E-state index in [2.05, 4.69) is 10.1 Å². The number of hydrogen-bond donors (Lipinski definition) is 1. The maximum absolute atomic E-state index is 12.8. The number of methoxy groups -OCH3 is 1. The number of hydrogen-bond acceptors (Lipinski definition) is 5. The van der Waals surface area contributed by atoms with E-state index in [0.717, 1.165) is 17.0 Å². The monoisotopic (exact) mass is 390 g/mol. The highest BCUT2D eigenvalue weighted by Crippen LogP contribution is 2.37. The first kappa shape index (κ1) is 20.1. The minimum absolute atomic E-state index is 0.0591. The fourth-order valence-electron chi connectivity index (χ4n) is 2.37. The molecule has 1 heterocycles. The van der Waals surface area contributed by atoms with Crippen LogP contribution in [0.5, 0.6) is 0 Å². The molecule has 0 spiro atoms. The molecule has 0 bridgehead atoms. The fourth-order valence-corrected chi connectivity index (χ4v) is 3.28. The minimum atomic E-state index is -4.55. The van der Waals surface area contributed by atoms with Crippen LogP contribution in [0.15, 0.2) is 18.2 Å². The van der Waals surface area contributed by atoms with E-state index in [1.54, 1.807) is 6.92 Å². The van der Waals surface area contributed by atoms with E-state index < -0.39 is 34.8 Å². The number of rotatable bonds is 5. The fraction of sp³-hybridized carbons (Fsp3) is 0.438. The molecule has 6 nitrogen and oxygen atoms in total. The Balaban J connectivity index is 2.16. The van der Waals surface area contributed by atoms with Crippen LogP contribution in [0.4, 0.5) is 24.5 Å². The largest absolute Gasteiger partial charge is 0.469 e. The van der Waals surface area contributed by atoms with Crippen LogP contribution >= 0.6 is 11.8 Å². The number of carbonyl (C=O) groups is 3. The van der Waals surface area contributed by atoms with Crippen molar-refractivity contribution in [2.24, 2.45) is 0 Å². The maximum atomic E-state index is 12.8. The SMILES string of the molecule is COC(=O)CCSC(C)C(=O)N1CC(=O)Nc2cc(C(F)(F)F)ccc21. The summed E-state index contributed by atoms with van der Waals surface area (Å²) < 4.78 is 43.0. The third-order valence-corrected chi connectivity index (χ3v) is 4.85. The molecule has 1 aromatic carbocycles. The van der Waals surface area contributed by atoms with Crippen LogP contribution in [0.25, 0.3) is 0 Å². The predicted molar refractivity (Wildman–Crippen MR) is 91.0 cm³/mol. The quantitative estimate of drug-likeness (QED) is 0.783. The Labute approximate surface area is 152 Å². The molecule has 1 N–H and O–H groups in total. The van der Waals surface area contributed by atoms with Gasteiger partial charge in [0.1, 0.15) is 6.54 Å². The van der Waals surface area contributed by atoms with Crippen LogP contribution in [0.3, 0.4) is 0 Å². The third kappa shape index (κ3) is 4.69. The summed E-state index contributed by atoms with van der Waals surface area (Å²) >= 11 is 1.20. The lowest BCUT2D eigenvalue weighted by Gasteiger charge is -2.31. The Morgan fingerprint density at radius 2 is 2.08 bits per heavy atom. The number of halogens is 3. The zero-order chi connectivity index (χ0) is 19.5. The van der Waals surface area contributed by atoms with Crippen molar-refractivity contribution in [2.75, 3.05) is 29.6 Å². The highest BCUT2D eigenvalue weighted by molar-refractivity contribution is 8.00. The van der Waals surface area contributed by atoms with E-state index in [-0.39, 0.29) is 24.3 Å². The van der Waals surface area contributed by atoms with Gasteiger partial charge in [-0.2, -0.15) is 13.2 Å². The van der Waals surface area contributed by atoms with E-state index in [0.29, 0.717) is 5.75 Å². The highest BCUT2D eigenvalue weighted by Gasteiger charge is 2.35. The molecular weight excluding hydrogens is 373 g/mol. The minimum Gasteiger partial charge on any atom is -0.469 e. The molecular formula is C16H17F3N2O4S. The van der Waals surface area contributed by atoms with Crippen molar-refractivity contribution in [3.63, 3.8) is 0 Å². The normalized spacial score (nSPS) is 15.1. The molecule has 0 saturated heterocycles. The van der Waals surface area contributed by atoms with Crippen LogP contribution in [-0.2, 0) is 25.3 Å². The zero-order valence-corrected chi connectivity index (χ0v) is 14.9. The number of nitrogens with one attached hydrogen (secondary N) is 1. The van der Waals surface area contributed by atoms with Crippen molar-refractivity contribution in [3.8, 4) is 0 Å². The molecule has 26 heavy (non-hydrogen) atoms. The van der Waals surface area contributed by atoms with Crippen molar-refractivity contribution >= 4 is 40.9 Å². The van der Waals surface area contributed by atoms with E-state index in [9.17, 15) is 27.6 Å². The highest BCUT2D eigenvalue weighted by atomic mass is 32.2. The van der Waals surface area contributed by atoms with Gasteiger partial charge in [0.2, 0.25) is 11.8 Å². The van der Waals surface area contributed by atoms with Crippen molar-refractivity contribution in [2.45, 2.75) is 24.8 Å². The Morgan fingerprint density at radius 1 is 1.38 bits per heavy atom. The van der Waals surface area contributed by atoms with E-state index in [1.807, 2.05) is 0 Å². The van der Waals surface area contributed by atoms with Gasteiger partial charge in [-0.15, -0.1) is 11.8 Å². The van der Waals surface area contributed by atoms with Gasteiger partial charge in [0.15, 0.2) is 0 Å². The number of anilines is 2. The molecule has 142 valence electrons. The molecule has 1 unspecified atom stereocenters. The third-order valence-electron chi connectivity index (χ3n) is 3.71. The van der Waals surface area contributed by atoms with E-state index in [4.69, 9.17) is 0 Å². The van der Waals surface area contributed by atoms with Crippen LogP contribution in [-0.4, -0.2) is 42.4 Å². The molecule has 0 aromatic heterocycles. The molecule has 1 aromatic rings. The van der Waals surface area contributed by atoms with Gasteiger partial charge >= 0.3 is 12.1 Å². The summed E-state index contributed by atoms with van der Waals surface area (Å²) in [4.78, 5) is 36.7. The van der Waals surface area contributed by atoms with E-state index >= 15 is 0 Å². The average molecular weight is 390 g/mol. The number of nitrogens with zero attached hydrogens (tertiary/aromatic N) is 1. The van der Waals surface area contributed by atoms with Crippen molar-refractivity contribution < 1.29 is 32.3 Å². The number of alkyl halides is 3. The van der Waals surface area contributed by atoms with Gasteiger partial charge in [-0.1, -0.05) is 0 Å². The van der Waals surface area contributed by atoms with Gasteiger partial charge in [-0.25, -0.2) is 0 Å². The number of esters is 1.